The van der Waals surface area contributed by atoms with Gasteiger partial charge in [0.1, 0.15) is 0 Å². The summed E-state index contributed by atoms with van der Waals surface area (Å²) in [6.45, 7) is 3.07. The molecule has 1 rings (SSSR count). The van der Waals surface area contributed by atoms with Gasteiger partial charge in [-0.05, 0) is 45.0 Å². The molecule has 0 aliphatic rings. The molecule has 1 atom stereocenters. The number of benzene rings is 1. The van der Waals surface area contributed by atoms with Crippen LogP contribution in [0.1, 0.15) is 24.5 Å². The van der Waals surface area contributed by atoms with Gasteiger partial charge in [-0.15, -0.1) is 0 Å². The molecule has 0 radical (unpaired) electrons. The van der Waals surface area contributed by atoms with Crippen molar-refractivity contribution in [3.8, 4) is 0 Å². The van der Waals surface area contributed by atoms with Crippen molar-refractivity contribution in [2.45, 2.75) is 32.4 Å². The molecule has 2 N–H and O–H groups in total. The van der Waals surface area contributed by atoms with E-state index in [2.05, 4.69) is 50.2 Å². The van der Waals surface area contributed by atoms with Gasteiger partial charge >= 0.3 is 0 Å². The van der Waals surface area contributed by atoms with Gasteiger partial charge in [0, 0.05) is 12.6 Å². The normalized spacial score (nSPS) is 13.1. The summed E-state index contributed by atoms with van der Waals surface area (Å²) in [4.78, 5) is 2.19. The molecule has 0 amide bonds. The molecule has 0 aliphatic heterocycles. The Labute approximate surface area is 93.1 Å². The first-order valence-electron chi connectivity index (χ1n) is 5.56. The van der Waals surface area contributed by atoms with Crippen LogP contribution in [0.5, 0.6) is 0 Å². The van der Waals surface area contributed by atoms with Crippen LogP contribution in [-0.2, 0) is 13.0 Å². The van der Waals surface area contributed by atoms with Crippen molar-refractivity contribution < 1.29 is 0 Å². The van der Waals surface area contributed by atoms with Gasteiger partial charge in [-0.3, -0.25) is 0 Å². The van der Waals surface area contributed by atoms with E-state index in [0.29, 0.717) is 6.04 Å². The molecular formula is C13H22N2. The fourth-order valence-electron chi connectivity index (χ4n) is 1.64. The van der Waals surface area contributed by atoms with E-state index in [4.69, 9.17) is 5.73 Å². The molecule has 0 aliphatic carbocycles. The first-order valence-corrected chi connectivity index (χ1v) is 5.56. The lowest BCUT2D eigenvalue weighted by Crippen LogP contribution is -2.15. The fourth-order valence-corrected chi connectivity index (χ4v) is 1.64. The minimum Gasteiger partial charge on any atom is -0.328 e. The van der Waals surface area contributed by atoms with E-state index in [1.165, 1.54) is 11.1 Å². The van der Waals surface area contributed by atoms with Crippen molar-refractivity contribution in [3.63, 3.8) is 0 Å². The summed E-state index contributed by atoms with van der Waals surface area (Å²) >= 11 is 0. The van der Waals surface area contributed by atoms with Crippen LogP contribution in [0.3, 0.4) is 0 Å². The highest BCUT2D eigenvalue weighted by atomic mass is 15.0. The maximum absolute atomic E-state index is 5.75. The molecule has 0 saturated carbocycles. The third-order valence-corrected chi connectivity index (χ3v) is 2.38. The van der Waals surface area contributed by atoms with Crippen LogP contribution >= 0.6 is 0 Å². The number of hydrogen-bond donors (Lipinski definition) is 1. The second kappa shape index (κ2) is 5.89. The lowest BCUT2D eigenvalue weighted by molar-refractivity contribution is 0.402. The largest absolute Gasteiger partial charge is 0.328 e. The van der Waals surface area contributed by atoms with E-state index >= 15 is 0 Å². The number of nitrogens with two attached hydrogens (primary N) is 1. The van der Waals surface area contributed by atoms with E-state index in [0.717, 1.165) is 19.4 Å². The SMILES string of the molecule is CC(N)CCc1cccc(CN(C)C)c1. The highest BCUT2D eigenvalue weighted by Gasteiger charge is 1.99. The first-order chi connectivity index (χ1) is 7.08. The van der Waals surface area contributed by atoms with Crippen LogP contribution in [0.4, 0.5) is 0 Å². The molecule has 0 saturated heterocycles. The van der Waals surface area contributed by atoms with Gasteiger partial charge in [-0.2, -0.15) is 0 Å². The van der Waals surface area contributed by atoms with Gasteiger partial charge in [0.25, 0.3) is 0 Å². The molecule has 0 fully saturated rings. The van der Waals surface area contributed by atoms with Crippen molar-refractivity contribution >= 4 is 0 Å². The number of aryl methyl sites for hydroxylation is 1. The van der Waals surface area contributed by atoms with Crippen LogP contribution in [0, 0.1) is 0 Å². The summed E-state index contributed by atoms with van der Waals surface area (Å²) in [5.74, 6) is 0. The monoisotopic (exact) mass is 206 g/mol. The zero-order valence-electron chi connectivity index (χ0n) is 10.0. The van der Waals surface area contributed by atoms with E-state index in [-0.39, 0.29) is 0 Å². The Bertz CT molecular complexity index is 292. The standard InChI is InChI=1S/C13H22N2/c1-11(14)7-8-12-5-4-6-13(9-12)10-15(2)3/h4-6,9,11H,7-8,10,14H2,1-3H3. The van der Waals surface area contributed by atoms with Crippen LogP contribution in [-0.4, -0.2) is 25.0 Å². The predicted molar refractivity (Wildman–Crippen MR) is 65.8 cm³/mol. The Morgan fingerprint density at radius 3 is 2.53 bits per heavy atom. The van der Waals surface area contributed by atoms with Crippen LogP contribution < -0.4 is 5.73 Å². The second-order valence-electron chi connectivity index (χ2n) is 4.57. The molecule has 84 valence electrons. The van der Waals surface area contributed by atoms with Crippen LogP contribution in [0.2, 0.25) is 0 Å². The highest BCUT2D eigenvalue weighted by molar-refractivity contribution is 5.23. The molecule has 1 unspecified atom stereocenters. The van der Waals surface area contributed by atoms with Crippen molar-refractivity contribution in [2.24, 2.45) is 5.73 Å². The number of rotatable bonds is 5. The summed E-state index contributed by atoms with van der Waals surface area (Å²) in [5.41, 5.74) is 8.52. The second-order valence-corrected chi connectivity index (χ2v) is 4.57. The predicted octanol–water partition coefficient (Wildman–Crippen LogP) is 2.03. The fraction of sp³-hybridized carbons (Fsp3) is 0.538. The maximum atomic E-state index is 5.75. The molecule has 2 heteroatoms. The van der Waals surface area contributed by atoms with Crippen LogP contribution in [0.25, 0.3) is 0 Å². The third-order valence-electron chi connectivity index (χ3n) is 2.38. The first kappa shape index (κ1) is 12.2. The topological polar surface area (TPSA) is 29.3 Å². The summed E-state index contributed by atoms with van der Waals surface area (Å²) in [6, 6.07) is 9.07. The smallest absolute Gasteiger partial charge is 0.0227 e. The van der Waals surface area contributed by atoms with Gasteiger partial charge in [0.05, 0.1) is 0 Å². The van der Waals surface area contributed by atoms with E-state index in [1.54, 1.807) is 0 Å². The van der Waals surface area contributed by atoms with Crippen molar-refractivity contribution in [3.05, 3.63) is 35.4 Å². The molecule has 0 aromatic heterocycles. The van der Waals surface area contributed by atoms with Gasteiger partial charge < -0.3 is 10.6 Å². The Balaban J connectivity index is 2.57. The molecular weight excluding hydrogens is 184 g/mol. The highest BCUT2D eigenvalue weighted by Crippen LogP contribution is 2.09. The van der Waals surface area contributed by atoms with E-state index < -0.39 is 0 Å². The molecule has 0 spiro atoms. The lowest BCUT2D eigenvalue weighted by Gasteiger charge is -2.11. The zero-order valence-corrected chi connectivity index (χ0v) is 10.0. The van der Waals surface area contributed by atoms with Gasteiger partial charge in [-0.25, -0.2) is 0 Å². The molecule has 0 bridgehead atoms. The molecule has 2 nitrogen and oxygen atoms in total. The van der Waals surface area contributed by atoms with Crippen molar-refractivity contribution in [1.29, 1.82) is 0 Å². The van der Waals surface area contributed by atoms with E-state index in [1.807, 2.05) is 0 Å². The Hall–Kier alpha value is -0.860. The summed E-state index contributed by atoms with van der Waals surface area (Å²) in [7, 11) is 4.18. The Kier molecular flexibility index (Phi) is 4.79. The van der Waals surface area contributed by atoms with E-state index in [9.17, 15) is 0 Å². The van der Waals surface area contributed by atoms with Gasteiger partial charge in [0.2, 0.25) is 0 Å². The summed E-state index contributed by atoms with van der Waals surface area (Å²) in [5, 5.41) is 0. The number of nitrogens with zero attached hydrogens (tertiary/aromatic N) is 1. The molecule has 0 heterocycles. The third kappa shape index (κ3) is 4.96. The molecule has 1 aromatic rings. The van der Waals surface area contributed by atoms with Gasteiger partial charge in [-0.1, -0.05) is 24.3 Å². The maximum Gasteiger partial charge on any atom is 0.0227 e. The minimum atomic E-state index is 0.294. The molecule has 1 aromatic carbocycles. The average Bonchev–Trinajstić information content (AvgIpc) is 2.14. The quantitative estimate of drug-likeness (QED) is 0.798. The Morgan fingerprint density at radius 1 is 1.27 bits per heavy atom. The Morgan fingerprint density at radius 2 is 1.93 bits per heavy atom. The zero-order chi connectivity index (χ0) is 11.3. The summed E-state index contributed by atoms with van der Waals surface area (Å²) < 4.78 is 0. The van der Waals surface area contributed by atoms with Crippen molar-refractivity contribution in [2.75, 3.05) is 14.1 Å². The minimum absolute atomic E-state index is 0.294. The van der Waals surface area contributed by atoms with Crippen LogP contribution in [0.15, 0.2) is 24.3 Å². The average molecular weight is 206 g/mol. The van der Waals surface area contributed by atoms with Crippen molar-refractivity contribution in [1.82, 2.24) is 4.90 Å². The number of hydrogen-bond acceptors (Lipinski definition) is 2. The lowest BCUT2D eigenvalue weighted by atomic mass is 10.0. The molecule has 15 heavy (non-hydrogen) atoms. The summed E-state index contributed by atoms with van der Waals surface area (Å²) in [6.07, 6.45) is 2.14. The van der Waals surface area contributed by atoms with Gasteiger partial charge in [0.15, 0.2) is 0 Å².